The van der Waals surface area contributed by atoms with Gasteiger partial charge in [-0.3, -0.25) is 4.79 Å². The van der Waals surface area contributed by atoms with Crippen LogP contribution >= 0.6 is 0 Å². The van der Waals surface area contributed by atoms with Gasteiger partial charge >= 0.3 is 5.97 Å². The fourth-order valence-electron chi connectivity index (χ4n) is 2.94. The molecule has 0 bridgehead atoms. The van der Waals surface area contributed by atoms with Gasteiger partial charge in [-0.2, -0.15) is 5.26 Å². The Morgan fingerprint density at radius 1 is 1.00 bits per heavy atom. The van der Waals surface area contributed by atoms with E-state index in [1.54, 1.807) is 30.3 Å². The van der Waals surface area contributed by atoms with Crippen molar-refractivity contribution in [2.24, 2.45) is 0 Å². The molecule has 3 aromatic rings. The number of ether oxygens (including phenoxy) is 2. The number of nitriles is 1. The topological polar surface area (TPSA) is 88.4 Å². The van der Waals surface area contributed by atoms with E-state index in [9.17, 15) is 9.59 Å². The summed E-state index contributed by atoms with van der Waals surface area (Å²) >= 11 is 0. The molecule has 3 rings (SSSR count). The Bertz CT molecular complexity index is 1090. The maximum absolute atomic E-state index is 12.3. The molecule has 1 N–H and O–H groups in total. The van der Waals surface area contributed by atoms with Gasteiger partial charge in [-0.25, -0.2) is 4.79 Å². The van der Waals surface area contributed by atoms with Crippen molar-refractivity contribution < 1.29 is 19.1 Å². The fourth-order valence-corrected chi connectivity index (χ4v) is 2.94. The van der Waals surface area contributed by atoms with Gasteiger partial charge in [0.05, 0.1) is 11.6 Å². The minimum Gasteiger partial charge on any atom is -0.482 e. The summed E-state index contributed by atoms with van der Waals surface area (Å²) in [6, 6.07) is 25.9. The van der Waals surface area contributed by atoms with Gasteiger partial charge in [-0.05, 0) is 42.3 Å². The number of para-hydroxylation sites is 1. The SMILES string of the molecule is C[C@H](OC(=O)COc1ccccc1Cc1ccccc1)C(=O)Nc1cccc(C#N)c1. The predicted molar refractivity (Wildman–Crippen MR) is 117 cm³/mol. The van der Waals surface area contributed by atoms with Gasteiger partial charge in [0.1, 0.15) is 5.75 Å². The lowest BCUT2D eigenvalue weighted by molar-refractivity contribution is -0.155. The van der Waals surface area contributed by atoms with Crippen LogP contribution in [0.3, 0.4) is 0 Å². The van der Waals surface area contributed by atoms with Gasteiger partial charge < -0.3 is 14.8 Å². The highest BCUT2D eigenvalue weighted by Gasteiger charge is 2.19. The summed E-state index contributed by atoms with van der Waals surface area (Å²) < 4.78 is 10.8. The van der Waals surface area contributed by atoms with Gasteiger partial charge in [0, 0.05) is 12.1 Å². The number of amides is 1. The molecule has 1 amide bonds. The Kier molecular flexibility index (Phi) is 7.39. The van der Waals surface area contributed by atoms with Crippen molar-refractivity contribution >= 4 is 17.6 Å². The van der Waals surface area contributed by atoms with Gasteiger partial charge in [-0.15, -0.1) is 0 Å². The lowest BCUT2D eigenvalue weighted by Crippen LogP contribution is -2.31. The fraction of sp³-hybridized carbons (Fsp3) is 0.160. The predicted octanol–water partition coefficient (Wildman–Crippen LogP) is 4.10. The summed E-state index contributed by atoms with van der Waals surface area (Å²) in [4.78, 5) is 24.5. The maximum Gasteiger partial charge on any atom is 0.344 e. The standard InChI is InChI=1S/C25H22N2O4/c1-18(25(29)27-22-12-7-10-20(15-22)16-26)31-24(28)17-30-23-13-6-5-11-21(23)14-19-8-3-2-4-9-19/h2-13,15,18H,14,17H2,1H3,(H,27,29)/t18-/m0/s1. The van der Waals surface area contributed by atoms with Crippen molar-refractivity contribution in [1.82, 2.24) is 0 Å². The molecule has 0 unspecified atom stereocenters. The monoisotopic (exact) mass is 414 g/mol. The van der Waals surface area contributed by atoms with Crippen LogP contribution in [0, 0.1) is 11.3 Å². The number of nitrogens with one attached hydrogen (secondary N) is 1. The molecule has 0 spiro atoms. The second-order valence-electron chi connectivity index (χ2n) is 6.87. The van der Waals surface area contributed by atoms with Crippen LogP contribution in [0.2, 0.25) is 0 Å². The summed E-state index contributed by atoms with van der Waals surface area (Å²) in [5.41, 5.74) is 2.96. The van der Waals surface area contributed by atoms with Gasteiger partial charge in [0.25, 0.3) is 5.91 Å². The zero-order valence-electron chi connectivity index (χ0n) is 17.1. The van der Waals surface area contributed by atoms with Crippen molar-refractivity contribution in [1.29, 1.82) is 5.26 Å². The van der Waals surface area contributed by atoms with Crippen LogP contribution in [-0.4, -0.2) is 24.6 Å². The van der Waals surface area contributed by atoms with E-state index in [0.717, 1.165) is 11.1 Å². The summed E-state index contributed by atoms with van der Waals surface area (Å²) in [6.07, 6.45) is -0.339. The van der Waals surface area contributed by atoms with Crippen LogP contribution in [0.5, 0.6) is 5.75 Å². The Balaban J connectivity index is 1.53. The van der Waals surface area contributed by atoms with Crippen LogP contribution in [0.4, 0.5) is 5.69 Å². The summed E-state index contributed by atoms with van der Waals surface area (Å²) in [5.74, 6) is -0.551. The van der Waals surface area contributed by atoms with E-state index in [0.29, 0.717) is 23.4 Å². The highest BCUT2D eigenvalue weighted by molar-refractivity contribution is 5.95. The lowest BCUT2D eigenvalue weighted by atomic mass is 10.0. The number of rotatable bonds is 8. The molecular formula is C25H22N2O4. The molecule has 0 radical (unpaired) electrons. The van der Waals surface area contributed by atoms with Crippen molar-refractivity contribution in [3.05, 3.63) is 95.6 Å². The van der Waals surface area contributed by atoms with E-state index in [4.69, 9.17) is 14.7 Å². The van der Waals surface area contributed by atoms with Crippen molar-refractivity contribution in [2.75, 3.05) is 11.9 Å². The zero-order chi connectivity index (χ0) is 22.1. The highest BCUT2D eigenvalue weighted by atomic mass is 16.6. The summed E-state index contributed by atoms with van der Waals surface area (Å²) in [5, 5.41) is 11.6. The number of hydrogen-bond donors (Lipinski definition) is 1. The molecule has 0 aliphatic rings. The average molecular weight is 414 g/mol. The normalized spacial score (nSPS) is 11.1. The van der Waals surface area contributed by atoms with Gasteiger partial charge in [0.15, 0.2) is 12.7 Å². The highest BCUT2D eigenvalue weighted by Crippen LogP contribution is 2.21. The molecule has 6 heteroatoms. The minimum atomic E-state index is -1.01. The first-order chi connectivity index (χ1) is 15.0. The smallest absolute Gasteiger partial charge is 0.344 e. The largest absolute Gasteiger partial charge is 0.482 e. The number of esters is 1. The number of hydrogen-bond acceptors (Lipinski definition) is 5. The molecule has 1 atom stereocenters. The second kappa shape index (κ2) is 10.6. The lowest BCUT2D eigenvalue weighted by Gasteiger charge is -2.15. The summed E-state index contributed by atoms with van der Waals surface area (Å²) in [6.45, 7) is 1.16. The van der Waals surface area contributed by atoms with E-state index >= 15 is 0 Å². The van der Waals surface area contributed by atoms with Crippen molar-refractivity contribution in [3.63, 3.8) is 0 Å². The van der Waals surface area contributed by atoms with Crippen molar-refractivity contribution in [2.45, 2.75) is 19.4 Å². The molecule has 0 aliphatic carbocycles. The maximum atomic E-state index is 12.3. The van der Waals surface area contributed by atoms with E-state index in [2.05, 4.69) is 5.32 Å². The molecule has 0 aromatic heterocycles. The molecule has 31 heavy (non-hydrogen) atoms. The first-order valence-corrected chi connectivity index (χ1v) is 9.80. The van der Waals surface area contributed by atoms with Gasteiger partial charge in [0.2, 0.25) is 0 Å². The van der Waals surface area contributed by atoms with Gasteiger partial charge in [-0.1, -0.05) is 54.6 Å². The summed E-state index contributed by atoms with van der Waals surface area (Å²) in [7, 11) is 0. The number of carbonyl (C=O) groups is 2. The molecule has 0 fully saturated rings. The van der Waals surface area contributed by atoms with E-state index in [-0.39, 0.29) is 6.61 Å². The molecular weight excluding hydrogens is 392 g/mol. The zero-order valence-corrected chi connectivity index (χ0v) is 17.1. The Morgan fingerprint density at radius 2 is 1.74 bits per heavy atom. The number of anilines is 1. The number of carbonyl (C=O) groups excluding carboxylic acids is 2. The van der Waals surface area contributed by atoms with E-state index in [1.807, 2.05) is 54.6 Å². The third-order valence-electron chi connectivity index (χ3n) is 4.49. The Morgan fingerprint density at radius 3 is 2.52 bits per heavy atom. The molecule has 0 heterocycles. The van der Waals surface area contributed by atoms with E-state index in [1.165, 1.54) is 6.92 Å². The van der Waals surface area contributed by atoms with Crippen LogP contribution in [0.1, 0.15) is 23.6 Å². The number of nitrogens with zero attached hydrogens (tertiary/aromatic N) is 1. The van der Waals surface area contributed by atoms with Crippen LogP contribution in [0.25, 0.3) is 0 Å². The van der Waals surface area contributed by atoms with E-state index < -0.39 is 18.0 Å². The second-order valence-corrected chi connectivity index (χ2v) is 6.87. The Hall–Kier alpha value is -4.11. The first-order valence-electron chi connectivity index (χ1n) is 9.80. The van der Waals surface area contributed by atoms with Crippen molar-refractivity contribution in [3.8, 4) is 11.8 Å². The average Bonchev–Trinajstić information content (AvgIpc) is 2.79. The third kappa shape index (κ3) is 6.44. The molecule has 156 valence electrons. The van der Waals surface area contributed by atoms with Crippen LogP contribution < -0.4 is 10.1 Å². The third-order valence-corrected chi connectivity index (χ3v) is 4.49. The van der Waals surface area contributed by atoms with Crippen LogP contribution in [-0.2, 0) is 20.7 Å². The molecule has 0 saturated heterocycles. The molecule has 0 aliphatic heterocycles. The molecule has 6 nitrogen and oxygen atoms in total. The first kappa shape index (κ1) is 21.6. The molecule has 3 aromatic carbocycles. The molecule has 0 saturated carbocycles. The quantitative estimate of drug-likeness (QED) is 0.561. The minimum absolute atomic E-state index is 0.312. The Labute approximate surface area is 181 Å². The number of benzene rings is 3. The van der Waals surface area contributed by atoms with Crippen LogP contribution in [0.15, 0.2) is 78.9 Å².